The van der Waals surface area contributed by atoms with Gasteiger partial charge in [0.1, 0.15) is 0 Å². The number of nitrogens with one attached hydrogen (secondary N) is 1. The van der Waals surface area contributed by atoms with Crippen molar-refractivity contribution in [3.8, 4) is 0 Å². The van der Waals surface area contributed by atoms with Gasteiger partial charge in [-0.25, -0.2) is 4.79 Å². The Hall–Kier alpha value is -0.770. The van der Waals surface area contributed by atoms with Crippen LogP contribution in [-0.4, -0.2) is 36.6 Å². The van der Waals surface area contributed by atoms with Crippen LogP contribution < -0.4 is 11.1 Å². The lowest BCUT2D eigenvalue weighted by Gasteiger charge is -2.36. The first-order valence-corrected chi connectivity index (χ1v) is 4.39. The second-order valence-corrected chi connectivity index (χ2v) is 3.39. The van der Waals surface area contributed by atoms with Crippen molar-refractivity contribution in [2.45, 2.75) is 31.8 Å². The monoisotopic (exact) mass is 171 g/mol. The Morgan fingerprint density at radius 1 is 1.58 bits per heavy atom. The van der Waals surface area contributed by atoms with Crippen molar-refractivity contribution < 1.29 is 4.79 Å². The number of hydrogen-bond acceptors (Lipinski definition) is 2. The van der Waals surface area contributed by atoms with Gasteiger partial charge < -0.3 is 16.0 Å². The van der Waals surface area contributed by atoms with Gasteiger partial charge in [0.2, 0.25) is 0 Å². The molecule has 1 saturated heterocycles. The summed E-state index contributed by atoms with van der Waals surface area (Å²) in [5.41, 5.74) is 5.76. The molecule has 0 aromatic rings. The molecule has 0 radical (unpaired) electrons. The molecule has 0 aromatic carbocycles. The molecule has 0 spiro atoms. The van der Waals surface area contributed by atoms with E-state index in [-0.39, 0.29) is 12.1 Å². The fourth-order valence-electron chi connectivity index (χ4n) is 1.56. The van der Waals surface area contributed by atoms with Crippen LogP contribution in [0.2, 0.25) is 0 Å². The van der Waals surface area contributed by atoms with Crippen LogP contribution in [-0.2, 0) is 0 Å². The van der Waals surface area contributed by atoms with Crippen LogP contribution >= 0.6 is 0 Å². The Morgan fingerprint density at radius 3 is 2.83 bits per heavy atom. The third-order valence-electron chi connectivity index (χ3n) is 2.39. The van der Waals surface area contributed by atoms with Gasteiger partial charge in [-0.1, -0.05) is 0 Å². The molecule has 1 aliphatic rings. The molecule has 1 fully saturated rings. The first-order valence-electron chi connectivity index (χ1n) is 4.39. The summed E-state index contributed by atoms with van der Waals surface area (Å²) >= 11 is 0. The standard InChI is InChI=1S/C8H17N3O/c1-6-3-4-7(9)5-11(6)8(12)10-2/h6-7H,3-5,9H2,1-2H3,(H,10,12). The van der Waals surface area contributed by atoms with Crippen molar-refractivity contribution in [1.82, 2.24) is 10.2 Å². The lowest BCUT2D eigenvalue weighted by atomic mass is 10.0. The van der Waals surface area contributed by atoms with Gasteiger partial charge in [0.05, 0.1) is 0 Å². The van der Waals surface area contributed by atoms with Crippen LogP contribution in [0.1, 0.15) is 19.8 Å². The van der Waals surface area contributed by atoms with Gasteiger partial charge in [-0.2, -0.15) is 0 Å². The molecule has 0 aliphatic carbocycles. The van der Waals surface area contributed by atoms with Crippen LogP contribution in [0.4, 0.5) is 4.79 Å². The van der Waals surface area contributed by atoms with E-state index < -0.39 is 0 Å². The van der Waals surface area contributed by atoms with Gasteiger partial charge in [-0.15, -0.1) is 0 Å². The number of carbonyl (C=O) groups is 1. The fourth-order valence-corrected chi connectivity index (χ4v) is 1.56. The summed E-state index contributed by atoms with van der Waals surface area (Å²) < 4.78 is 0. The molecule has 2 atom stereocenters. The molecule has 1 aliphatic heterocycles. The summed E-state index contributed by atoms with van der Waals surface area (Å²) in [4.78, 5) is 13.1. The molecule has 4 heteroatoms. The highest BCUT2D eigenvalue weighted by atomic mass is 16.2. The number of carbonyl (C=O) groups excluding carboxylic acids is 1. The van der Waals surface area contributed by atoms with Gasteiger partial charge in [-0.05, 0) is 19.8 Å². The maximum atomic E-state index is 11.3. The van der Waals surface area contributed by atoms with Crippen LogP contribution in [0.25, 0.3) is 0 Å². The van der Waals surface area contributed by atoms with E-state index in [1.54, 1.807) is 11.9 Å². The third kappa shape index (κ3) is 1.88. The normalized spacial score (nSPS) is 30.1. The van der Waals surface area contributed by atoms with E-state index in [2.05, 4.69) is 12.2 Å². The predicted molar refractivity (Wildman–Crippen MR) is 47.8 cm³/mol. The Labute approximate surface area is 73.1 Å². The largest absolute Gasteiger partial charge is 0.341 e. The fraction of sp³-hybridized carbons (Fsp3) is 0.875. The first-order chi connectivity index (χ1) is 5.65. The van der Waals surface area contributed by atoms with Crippen LogP contribution in [0, 0.1) is 0 Å². The summed E-state index contributed by atoms with van der Waals surface area (Å²) in [6.07, 6.45) is 2.03. The van der Waals surface area contributed by atoms with Gasteiger partial charge in [0.15, 0.2) is 0 Å². The molecule has 0 bridgehead atoms. The molecule has 4 nitrogen and oxygen atoms in total. The lowest BCUT2D eigenvalue weighted by Crippen LogP contribution is -2.52. The molecule has 0 aromatic heterocycles. The summed E-state index contributed by atoms with van der Waals surface area (Å²) in [5.74, 6) is 0. The molecular formula is C8H17N3O. The van der Waals surface area contributed by atoms with E-state index in [0.717, 1.165) is 12.8 Å². The minimum atomic E-state index is -0.0161. The van der Waals surface area contributed by atoms with Gasteiger partial charge >= 0.3 is 6.03 Å². The summed E-state index contributed by atoms with van der Waals surface area (Å²) in [7, 11) is 1.65. The summed E-state index contributed by atoms with van der Waals surface area (Å²) in [6.45, 7) is 2.74. The first kappa shape index (κ1) is 9.32. The zero-order valence-corrected chi connectivity index (χ0v) is 7.71. The number of rotatable bonds is 0. The molecule has 1 heterocycles. The molecule has 2 amide bonds. The second-order valence-electron chi connectivity index (χ2n) is 3.39. The molecule has 12 heavy (non-hydrogen) atoms. The van der Waals surface area contributed by atoms with Crippen molar-refractivity contribution in [2.75, 3.05) is 13.6 Å². The number of piperidine rings is 1. The van der Waals surface area contributed by atoms with Crippen LogP contribution in [0.3, 0.4) is 0 Å². The average Bonchev–Trinajstić information content (AvgIpc) is 2.08. The summed E-state index contributed by atoms with van der Waals surface area (Å²) in [5, 5.41) is 2.62. The topological polar surface area (TPSA) is 58.4 Å². The van der Waals surface area contributed by atoms with Gasteiger partial charge in [0, 0.05) is 25.7 Å². The average molecular weight is 171 g/mol. The zero-order chi connectivity index (χ0) is 9.14. The van der Waals surface area contributed by atoms with Crippen molar-refractivity contribution in [2.24, 2.45) is 5.73 Å². The second kappa shape index (κ2) is 3.76. The number of nitrogens with two attached hydrogens (primary N) is 1. The number of amides is 2. The van der Waals surface area contributed by atoms with Gasteiger partial charge in [-0.3, -0.25) is 0 Å². The smallest absolute Gasteiger partial charge is 0.317 e. The highest BCUT2D eigenvalue weighted by Gasteiger charge is 2.26. The Bertz CT molecular complexity index is 172. The van der Waals surface area contributed by atoms with Gasteiger partial charge in [0.25, 0.3) is 0 Å². The van der Waals surface area contributed by atoms with E-state index in [4.69, 9.17) is 5.73 Å². The van der Waals surface area contributed by atoms with Crippen molar-refractivity contribution >= 4 is 6.03 Å². The SMILES string of the molecule is CNC(=O)N1CC(N)CCC1C. The van der Waals surface area contributed by atoms with E-state index in [9.17, 15) is 4.79 Å². The van der Waals surface area contributed by atoms with Crippen molar-refractivity contribution in [1.29, 1.82) is 0 Å². The quantitative estimate of drug-likeness (QED) is 0.544. The van der Waals surface area contributed by atoms with Crippen LogP contribution in [0.15, 0.2) is 0 Å². The minimum Gasteiger partial charge on any atom is -0.341 e. The predicted octanol–water partition coefficient (Wildman–Crippen LogP) is 0.137. The van der Waals surface area contributed by atoms with E-state index in [1.807, 2.05) is 0 Å². The molecule has 3 N–H and O–H groups in total. The summed E-state index contributed by atoms with van der Waals surface area (Å²) in [6, 6.07) is 0.459. The number of nitrogens with zero attached hydrogens (tertiary/aromatic N) is 1. The molecule has 2 unspecified atom stereocenters. The minimum absolute atomic E-state index is 0.0161. The highest BCUT2D eigenvalue weighted by Crippen LogP contribution is 2.15. The van der Waals surface area contributed by atoms with Crippen molar-refractivity contribution in [3.05, 3.63) is 0 Å². The molecule has 70 valence electrons. The maximum absolute atomic E-state index is 11.3. The molecule has 1 rings (SSSR count). The number of urea groups is 1. The van der Waals surface area contributed by atoms with Crippen LogP contribution in [0.5, 0.6) is 0 Å². The zero-order valence-electron chi connectivity index (χ0n) is 7.71. The van der Waals surface area contributed by atoms with Crippen molar-refractivity contribution in [3.63, 3.8) is 0 Å². The van der Waals surface area contributed by atoms with E-state index in [1.165, 1.54) is 0 Å². The molecular weight excluding hydrogens is 154 g/mol. The highest BCUT2D eigenvalue weighted by molar-refractivity contribution is 5.74. The maximum Gasteiger partial charge on any atom is 0.317 e. The Morgan fingerprint density at radius 2 is 2.25 bits per heavy atom. The van der Waals surface area contributed by atoms with E-state index in [0.29, 0.717) is 12.6 Å². The van der Waals surface area contributed by atoms with E-state index >= 15 is 0 Å². The Kier molecular flexibility index (Phi) is 2.92. The number of likely N-dealkylation sites (tertiary alicyclic amines) is 1. The molecule has 0 saturated carbocycles. The third-order valence-corrected chi connectivity index (χ3v) is 2.39. The number of hydrogen-bond donors (Lipinski definition) is 2. The lowest BCUT2D eigenvalue weighted by molar-refractivity contribution is 0.151. The Balaban J connectivity index is 2.54.